The van der Waals surface area contributed by atoms with Crippen LogP contribution in [0.2, 0.25) is 0 Å². The summed E-state index contributed by atoms with van der Waals surface area (Å²) >= 11 is 1.42. The van der Waals surface area contributed by atoms with E-state index in [0.29, 0.717) is 24.4 Å². The molecule has 18 heavy (non-hydrogen) atoms. The number of hydrogen-bond donors (Lipinski definition) is 1. The minimum atomic E-state index is 0.0380. The van der Waals surface area contributed by atoms with Gasteiger partial charge in [-0.3, -0.25) is 4.79 Å². The lowest BCUT2D eigenvalue weighted by Crippen LogP contribution is -2.43. The molecule has 5 nitrogen and oxygen atoms in total. The molecule has 1 aromatic heterocycles. The molecule has 1 saturated heterocycles. The van der Waals surface area contributed by atoms with Gasteiger partial charge in [0.15, 0.2) is 0 Å². The maximum Gasteiger partial charge on any atom is 0.265 e. The third-order valence-electron chi connectivity index (χ3n) is 3.29. The van der Waals surface area contributed by atoms with Crippen LogP contribution in [0.25, 0.3) is 0 Å². The molecule has 1 aliphatic rings. The number of carbonyl (C=O) groups is 1. The van der Waals surface area contributed by atoms with Gasteiger partial charge in [0.05, 0.1) is 16.9 Å². The van der Waals surface area contributed by atoms with Gasteiger partial charge in [-0.05, 0) is 13.3 Å². The number of aromatic nitrogens is 1. The zero-order chi connectivity index (χ0) is 13.1. The molecule has 2 rings (SSSR count). The summed E-state index contributed by atoms with van der Waals surface area (Å²) in [6.07, 6.45) is 3.17. The van der Waals surface area contributed by atoms with Crippen LogP contribution in [0, 0.1) is 12.8 Å². The van der Waals surface area contributed by atoms with Crippen LogP contribution in [0.4, 0.5) is 0 Å². The highest BCUT2D eigenvalue weighted by molar-refractivity contribution is 7.13. The summed E-state index contributed by atoms with van der Waals surface area (Å²) < 4.78 is 0. The first-order valence-corrected chi connectivity index (χ1v) is 6.89. The van der Waals surface area contributed by atoms with E-state index >= 15 is 0 Å². The Balaban J connectivity index is 2.09. The van der Waals surface area contributed by atoms with E-state index in [0.717, 1.165) is 17.1 Å². The minimum absolute atomic E-state index is 0.0380. The summed E-state index contributed by atoms with van der Waals surface area (Å²) in [7, 11) is 0. The molecule has 0 radical (unpaired) electrons. The van der Waals surface area contributed by atoms with Gasteiger partial charge >= 0.3 is 0 Å². The molecule has 0 aliphatic carbocycles. The number of thiazole rings is 1. The second-order valence-corrected chi connectivity index (χ2v) is 5.68. The quantitative estimate of drug-likeness (QED) is 0.659. The van der Waals surface area contributed by atoms with Crippen molar-refractivity contribution < 1.29 is 10.0 Å². The van der Waals surface area contributed by atoms with Crippen LogP contribution in [-0.4, -0.2) is 39.8 Å². The predicted octanol–water partition coefficient (Wildman–Crippen LogP) is 2.15. The van der Waals surface area contributed by atoms with Crippen molar-refractivity contribution in [1.82, 2.24) is 9.88 Å². The summed E-state index contributed by atoms with van der Waals surface area (Å²) in [6, 6.07) is 0. The van der Waals surface area contributed by atoms with E-state index in [1.165, 1.54) is 11.3 Å². The zero-order valence-corrected chi connectivity index (χ0v) is 11.4. The third-order valence-corrected chi connectivity index (χ3v) is 4.19. The normalized spacial score (nSPS) is 22.4. The van der Waals surface area contributed by atoms with Gasteiger partial charge in [0, 0.05) is 25.4 Å². The van der Waals surface area contributed by atoms with Gasteiger partial charge in [0.25, 0.3) is 5.91 Å². The molecule has 6 heteroatoms. The third kappa shape index (κ3) is 2.53. The molecular formula is C12H17N3O2S. The van der Waals surface area contributed by atoms with E-state index in [1.54, 1.807) is 6.20 Å². The highest BCUT2D eigenvalue weighted by Gasteiger charge is 2.28. The fourth-order valence-electron chi connectivity index (χ4n) is 2.21. The van der Waals surface area contributed by atoms with Crippen molar-refractivity contribution in [3.05, 3.63) is 16.1 Å². The Hall–Kier alpha value is -1.43. The van der Waals surface area contributed by atoms with Crippen LogP contribution in [0.5, 0.6) is 0 Å². The van der Waals surface area contributed by atoms with Crippen LogP contribution >= 0.6 is 11.3 Å². The Kier molecular flexibility index (Phi) is 3.96. The first-order valence-electron chi connectivity index (χ1n) is 6.08. The highest BCUT2D eigenvalue weighted by atomic mass is 32.1. The number of rotatable bonds is 2. The minimum Gasteiger partial charge on any atom is -0.411 e. The highest BCUT2D eigenvalue weighted by Crippen LogP contribution is 2.21. The topological polar surface area (TPSA) is 65.8 Å². The van der Waals surface area contributed by atoms with Crippen LogP contribution < -0.4 is 0 Å². The van der Waals surface area contributed by atoms with E-state index in [4.69, 9.17) is 5.21 Å². The van der Waals surface area contributed by atoms with E-state index < -0.39 is 0 Å². The van der Waals surface area contributed by atoms with Crippen molar-refractivity contribution in [2.45, 2.75) is 26.7 Å². The number of nitrogens with zero attached hydrogens (tertiary/aromatic N) is 3. The molecule has 2 heterocycles. The largest absolute Gasteiger partial charge is 0.411 e. The maximum atomic E-state index is 12.3. The van der Waals surface area contributed by atoms with E-state index in [9.17, 15) is 4.79 Å². The van der Waals surface area contributed by atoms with Gasteiger partial charge < -0.3 is 10.1 Å². The second kappa shape index (κ2) is 5.48. The van der Waals surface area contributed by atoms with E-state index in [-0.39, 0.29) is 11.8 Å². The Bertz CT molecular complexity index is 470. The Morgan fingerprint density at radius 2 is 2.50 bits per heavy atom. The van der Waals surface area contributed by atoms with Crippen LogP contribution in [0.15, 0.2) is 11.4 Å². The number of amides is 1. The summed E-state index contributed by atoms with van der Waals surface area (Å²) in [6.45, 7) is 5.18. The molecule has 1 unspecified atom stereocenters. The van der Waals surface area contributed by atoms with Gasteiger partial charge in [0.2, 0.25) is 0 Å². The van der Waals surface area contributed by atoms with Gasteiger partial charge in [-0.2, -0.15) is 0 Å². The Morgan fingerprint density at radius 1 is 1.72 bits per heavy atom. The summed E-state index contributed by atoms with van der Waals surface area (Å²) in [5, 5.41) is 13.2. The van der Waals surface area contributed by atoms with Gasteiger partial charge in [0.1, 0.15) is 4.88 Å². The molecule has 1 amide bonds. The summed E-state index contributed by atoms with van der Waals surface area (Å²) in [5.41, 5.74) is 0.807. The fourth-order valence-corrected chi connectivity index (χ4v) is 2.96. The molecule has 1 aromatic rings. The molecular weight excluding hydrogens is 250 g/mol. The number of carbonyl (C=O) groups excluding carboxylic acids is 1. The lowest BCUT2D eigenvalue weighted by Gasteiger charge is -2.32. The smallest absolute Gasteiger partial charge is 0.265 e. The van der Waals surface area contributed by atoms with Crippen molar-refractivity contribution in [2.75, 3.05) is 13.1 Å². The molecule has 0 spiro atoms. The SMILES string of the molecule is CCC1CN(C(=O)c2cnc(C)s2)CCC1=NO. The van der Waals surface area contributed by atoms with Crippen LogP contribution in [-0.2, 0) is 0 Å². The lowest BCUT2D eigenvalue weighted by molar-refractivity contribution is 0.0733. The van der Waals surface area contributed by atoms with Crippen molar-refractivity contribution in [1.29, 1.82) is 0 Å². The first-order chi connectivity index (χ1) is 8.65. The molecule has 0 bridgehead atoms. The van der Waals surface area contributed by atoms with E-state index in [1.807, 2.05) is 18.7 Å². The average molecular weight is 267 g/mol. The number of oxime groups is 1. The lowest BCUT2D eigenvalue weighted by atomic mass is 9.93. The van der Waals surface area contributed by atoms with E-state index in [2.05, 4.69) is 10.1 Å². The van der Waals surface area contributed by atoms with Gasteiger partial charge in [-0.1, -0.05) is 12.1 Å². The van der Waals surface area contributed by atoms with Gasteiger partial charge in [-0.25, -0.2) is 4.98 Å². The maximum absolute atomic E-state index is 12.3. The predicted molar refractivity (Wildman–Crippen MR) is 70.4 cm³/mol. The molecule has 1 fully saturated rings. The number of likely N-dealkylation sites (tertiary alicyclic amines) is 1. The van der Waals surface area contributed by atoms with Crippen molar-refractivity contribution in [2.24, 2.45) is 11.1 Å². The molecule has 0 aromatic carbocycles. The van der Waals surface area contributed by atoms with Crippen molar-refractivity contribution in [3.63, 3.8) is 0 Å². The van der Waals surface area contributed by atoms with Crippen LogP contribution in [0.1, 0.15) is 34.4 Å². The standard InChI is InChI=1S/C12H17N3O2S/c1-3-9-7-15(5-4-10(9)14-17)12(16)11-6-13-8(2)18-11/h6,9,17H,3-5,7H2,1-2H3. The fraction of sp³-hybridized carbons (Fsp3) is 0.583. The molecule has 1 aliphatic heterocycles. The van der Waals surface area contributed by atoms with Crippen molar-refractivity contribution >= 4 is 23.0 Å². The summed E-state index contributed by atoms with van der Waals surface area (Å²) in [5.74, 6) is 0.206. The first kappa shape index (κ1) is 13.0. The monoisotopic (exact) mass is 267 g/mol. The average Bonchev–Trinajstić information content (AvgIpc) is 2.83. The number of piperidine rings is 1. The van der Waals surface area contributed by atoms with Gasteiger partial charge in [-0.15, -0.1) is 11.3 Å². The van der Waals surface area contributed by atoms with Crippen LogP contribution in [0.3, 0.4) is 0 Å². The number of aryl methyl sites for hydroxylation is 1. The summed E-state index contributed by atoms with van der Waals surface area (Å²) in [4.78, 5) is 18.9. The zero-order valence-electron chi connectivity index (χ0n) is 10.6. The molecule has 1 N–H and O–H groups in total. The molecule has 0 saturated carbocycles. The molecule has 1 atom stereocenters. The Morgan fingerprint density at radius 3 is 3.06 bits per heavy atom. The second-order valence-electron chi connectivity index (χ2n) is 4.44. The van der Waals surface area contributed by atoms with Crippen molar-refractivity contribution in [3.8, 4) is 0 Å². The molecule has 98 valence electrons. The number of hydrogen-bond acceptors (Lipinski definition) is 5. The Labute approximate surface area is 110 Å².